The molecule has 0 aliphatic heterocycles. The summed E-state index contributed by atoms with van der Waals surface area (Å²) < 4.78 is 3.71. The number of rotatable bonds is 5. The van der Waals surface area contributed by atoms with E-state index in [9.17, 15) is 9.59 Å². The van der Waals surface area contributed by atoms with Gasteiger partial charge < -0.3 is 5.73 Å². The van der Waals surface area contributed by atoms with E-state index in [1.54, 1.807) is 48.8 Å². The molecule has 2 heterocycles. The zero-order valence-corrected chi connectivity index (χ0v) is 13.3. The van der Waals surface area contributed by atoms with E-state index in [0.29, 0.717) is 11.3 Å². The molecule has 120 valence electrons. The molecule has 3 aromatic rings. The number of para-hydroxylation sites is 1. The lowest BCUT2D eigenvalue weighted by Crippen LogP contribution is -2.42. The normalized spacial score (nSPS) is 11.7. The van der Waals surface area contributed by atoms with Crippen LogP contribution in [0.3, 0.4) is 0 Å². The number of anilines is 1. The van der Waals surface area contributed by atoms with Crippen molar-refractivity contribution >= 4 is 29.0 Å². The van der Waals surface area contributed by atoms with E-state index in [2.05, 4.69) is 14.6 Å². The van der Waals surface area contributed by atoms with Gasteiger partial charge in [-0.15, -0.1) is 5.10 Å². The largest absolute Gasteiger partial charge is 0.368 e. The van der Waals surface area contributed by atoms with Crippen LogP contribution in [0.2, 0.25) is 0 Å². The Morgan fingerprint density at radius 3 is 2.38 bits per heavy atom. The van der Waals surface area contributed by atoms with E-state index >= 15 is 0 Å². The van der Waals surface area contributed by atoms with Crippen molar-refractivity contribution in [1.29, 1.82) is 0 Å². The van der Waals surface area contributed by atoms with Gasteiger partial charge in [0, 0.05) is 23.5 Å². The van der Waals surface area contributed by atoms with Gasteiger partial charge in [-0.25, -0.2) is 0 Å². The first-order valence-corrected chi connectivity index (χ1v) is 7.87. The van der Waals surface area contributed by atoms with Crippen molar-refractivity contribution in [2.45, 2.75) is 6.04 Å². The number of nitrogens with zero attached hydrogens (tertiary/aromatic N) is 4. The molecule has 1 aromatic carbocycles. The number of amides is 2. The summed E-state index contributed by atoms with van der Waals surface area (Å²) in [7, 11) is 0. The van der Waals surface area contributed by atoms with Gasteiger partial charge in [-0.3, -0.25) is 19.5 Å². The van der Waals surface area contributed by atoms with Gasteiger partial charge in [0.25, 0.3) is 5.91 Å². The van der Waals surface area contributed by atoms with Gasteiger partial charge in [-0.1, -0.05) is 22.7 Å². The maximum absolute atomic E-state index is 12.9. The van der Waals surface area contributed by atoms with Crippen LogP contribution in [0, 0.1) is 0 Å². The molecule has 2 N–H and O–H groups in total. The monoisotopic (exact) mass is 339 g/mol. The number of primary amides is 1. The Hall–Kier alpha value is -3.13. The summed E-state index contributed by atoms with van der Waals surface area (Å²) in [5, 5.41) is 5.34. The Morgan fingerprint density at radius 2 is 1.79 bits per heavy atom. The average molecular weight is 339 g/mol. The van der Waals surface area contributed by atoms with Crippen LogP contribution in [-0.2, 0) is 4.79 Å². The highest BCUT2D eigenvalue weighted by Crippen LogP contribution is 2.28. The van der Waals surface area contributed by atoms with Crippen molar-refractivity contribution in [2.24, 2.45) is 5.73 Å². The minimum Gasteiger partial charge on any atom is -0.368 e. The second-order valence-electron chi connectivity index (χ2n) is 4.89. The zero-order chi connectivity index (χ0) is 16.9. The first kappa shape index (κ1) is 15.8. The Labute approximate surface area is 141 Å². The van der Waals surface area contributed by atoms with Crippen molar-refractivity contribution in [1.82, 2.24) is 14.6 Å². The second kappa shape index (κ2) is 6.97. The lowest BCUT2D eigenvalue weighted by molar-refractivity contribution is -0.119. The highest BCUT2D eigenvalue weighted by molar-refractivity contribution is 7.03. The molecule has 8 heteroatoms. The maximum atomic E-state index is 12.9. The third-order valence-corrected chi connectivity index (χ3v) is 3.89. The molecule has 2 aromatic heterocycles. The number of hydrogen-bond acceptors (Lipinski definition) is 6. The predicted octanol–water partition coefficient (Wildman–Crippen LogP) is 1.81. The molecule has 1 unspecified atom stereocenters. The number of aromatic nitrogens is 3. The van der Waals surface area contributed by atoms with Crippen LogP contribution in [0.4, 0.5) is 5.69 Å². The highest BCUT2D eigenvalue weighted by atomic mass is 32.1. The predicted molar refractivity (Wildman–Crippen MR) is 89.3 cm³/mol. The van der Waals surface area contributed by atoms with Gasteiger partial charge in [0.2, 0.25) is 5.91 Å². The van der Waals surface area contributed by atoms with E-state index in [4.69, 9.17) is 5.73 Å². The minimum atomic E-state index is -0.982. The molecule has 7 nitrogen and oxygen atoms in total. The second-order valence-corrected chi connectivity index (χ2v) is 5.50. The Kier molecular flexibility index (Phi) is 4.57. The number of pyridine rings is 1. The lowest BCUT2D eigenvalue weighted by Gasteiger charge is -2.29. The maximum Gasteiger partial charge on any atom is 0.280 e. The Morgan fingerprint density at radius 1 is 1.08 bits per heavy atom. The molecular weight excluding hydrogens is 326 g/mol. The van der Waals surface area contributed by atoms with Crippen LogP contribution in [0.1, 0.15) is 22.1 Å². The van der Waals surface area contributed by atoms with Gasteiger partial charge in [0.15, 0.2) is 5.69 Å². The van der Waals surface area contributed by atoms with Gasteiger partial charge in [-0.05, 0) is 41.4 Å². The number of nitrogens with two attached hydrogens (primary N) is 1. The molecule has 2 amide bonds. The molecule has 0 aliphatic carbocycles. The molecule has 24 heavy (non-hydrogen) atoms. The van der Waals surface area contributed by atoms with Gasteiger partial charge in [-0.2, -0.15) is 0 Å². The number of hydrogen-bond donors (Lipinski definition) is 1. The molecule has 0 saturated heterocycles. The third-order valence-electron chi connectivity index (χ3n) is 3.38. The van der Waals surface area contributed by atoms with Crippen LogP contribution >= 0.6 is 11.5 Å². The fourth-order valence-corrected chi connectivity index (χ4v) is 2.77. The van der Waals surface area contributed by atoms with Crippen molar-refractivity contribution in [2.75, 3.05) is 4.90 Å². The summed E-state index contributed by atoms with van der Waals surface area (Å²) in [6, 6.07) is 11.2. The number of benzene rings is 1. The molecule has 0 radical (unpaired) electrons. The minimum absolute atomic E-state index is 0.157. The molecule has 1 atom stereocenters. The van der Waals surface area contributed by atoms with E-state index in [1.165, 1.54) is 10.3 Å². The number of carbonyl (C=O) groups is 2. The molecular formula is C16H13N5O2S. The van der Waals surface area contributed by atoms with Crippen LogP contribution in [0.15, 0.2) is 60.2 Å². The molecule has 3 rings (SSSR count). The van der Waals surface area contributed by atoms with Gasteiger partial charge in [0.1, 0.15) is 6.04 Å². The summed E-state index contributed by atoms with van der Waals surface area (Å²) in [5.41, 5.74) is 6.87. The van der Waals surface area contributed by atoms with Crippen molar-refractivity contribution in [3.63, 3.8) is 0 Å². The Balaban J connectivity index is 2.12. The van der Waals surface area contributed by atoms with E-state index in [1.807, 2.05) is 6.07 Å². The SMILES string of the molecule is NC(=O)C(c1ccncc1)N(C(=O)c1csnn1)c1ccccc1. The Bertz CT molecular complexity index is 824. The zero-order valence-electron chi connectivity index (χ0n) is 12.4. The standard InChI is InChI=1S/C16H13N5O2S/c17-15(22)14(11-6-8-18-9-7-11)21(12-4-2-1-3-5-12)16(23)13-10-24-20-19-13/h1-10,14H,(H2,17,22). The molecule has 0 spiro atoms. The first-order valence-electron chi connectivity index (χ1n) is 7.03. The smallest absolute Gasteiger partial charge is 0.280 e. The van der Waals surface area contributed by atoms with Gasteiger partial charge in [0.05, 0.1) is 0 Å². The topological polar surface area (TPSA) is 102 Å². The van der Waals surface area contributed by atoms with Crippen molar-refractivity contribution < 1.29 is 9.59 Å². The summed E-state index contributed by atoms with van der Waals surface area (Å²) in [4.78, 5) is 30.4. The number of carbonyl (C=O) groups excluding carboxylic acids is 2. The molecule has 0 fully saturated rings. The fraction of sp³-hybridized carbons (Fsp3) is 0.0625. The van der Waals surface area contributed by atoms with Crippen molar-refractivity contribution in [3.05, 3.63) is 71.5 Å². The highest BCUT2D eigenvalue weighted by Gasteiger charge is 2.32. The van der Waals surface area contributed by atoms with Crippen LogP contribution in [0.5, 0.6) is 0 Å². The fourth-order valence-electron chi connectivity index (χ4n) is 2.34. The average Bonchev–Trinajstić information content (AvgIpc) is 3.15. The lowest BCUT2D eigenvalue weighted by atomic mass is 10.0. The van der Waals surface area contributed by atoms with Crippen molar-refractivity contribution in [3.8, 4) is 0 Å². The molecule has 0 saturated carbocycles. The third kappa shape index (κ3) is 3.13. The van der Waals surface area contributed by atoms with E-state index < -0.39 is 17.9 Å². The summed E-state index contributed by atoms with van der Waals surface area (Å²) in [6.07, 6.45) is 3.09. The molecule has 0 bridgehead atoms. The molecule has 0 aliphatic rings. The van der Waals surface area contributed by atoms with Crippen LogP contribution in [-0.4, -0.2) is 26.4 Å². The van der Waals surface area contributed by atoms with E-state index in [-0.39, 0.29) is 5.69 Å². The van der Waals surface area contributed by atoms with E-state index in [0.717, 1.165) is 11.5 Å². The quantitative estimate of drug-likeness (QED) is 0.764. The van der Waals surface area contributed by atoms with Gasteiger partial charge >= 0.3 is 0 Å². The first-order chi connectivity index (χ1) is 11.7. The van der Waals surface area contributed by atoms with Crippen LogP contribution in [0.25, 0.3) is 0 Å². The summed E-state index contributed by atoms with van der Waals surface area (Å²) in [6.45, 7) is 0. The summed E-state index contributed by atoms with van der Waals surface area (Å²) >= 11 is 1.06. The van der Waals surface area contributed by atoms with Crippen LogP contribution < -0.4 is 10.6 Å². The summed E-state index contributed by atoms with van der Waals surface area (Å²) in [5.74, 6) is -1.10.